The van der Waals surface area contributed by atoms with Crippen LogP contribution in [0, 0.1) is 0 Å². The Labute approximate surface area is 67.0 Å². The highest BCUT2D eigenvalue weighted by Gasteiger charge is 1.84. The summed E-state index contributed by atoms with van der Waals surface area (Å²) in [5.41, 5.74) is 0.753. The second-order valence-corrected chi connectivity index (χ2v) is 2.22. The lowest BCUT2D eigenvalue weighted by Crippen LogP contribution is -2.09. The monoisotopic (exact) mass is 157 g/mol. The average molecular weight is 157 g/mol. The Balaban J connectivity index is 3.40. The van der Waals surface area contributed by atoms with Crippen molar-refractivity contribution in [3.05, 3.63) is 0 Å². The molecule has 0 amide bonds. The maximum absolute atomic E-state index is 8.12. The molecule has 0 aliphatic carbocycles. The predicted molar refractivity (Wildman–Crippen MR) is 46.8 cm³/mol. The van der Waals surface area contributed by atoms with Crippen LogP contribution in [0.4, 0.5) is 0 Å². The molecule has 0 rings (SSSR count). The fourth-order valence-corrected chi connectivity index (χ4v) is 0.636. The van der Waals surface area contributed by atoms with Gasteiger partial charge in [0.2, 0.25) is 0 Å². The summed E-state index contributed by atoms with van der Waals surface area (Å²) in [5.74, 6) is 0. The molecule has 2 N–H and O–H groups in total. The molecular formula is C7H15N3O. The van der Waals surface area contributed by atoms with Crippen LogP contribution < -0.4 is 5.32 Å². The SMILES string of the molecule is CNCCCN=C(C)/C=N\O. The highest BCUT2D eigenvalue weighted by atomic mass is 16.4. The van der Waals surface area contributed by atoms with Gasteiger partial charge in [0, 0.05) is 6.54 Å². The normalized spacial score (nSPS) is 12.7. The Morgan fingerprint density at radius 2 is 2.36 bits per heavy atom. The Bertz CT molecular complexity index is 143. The Morgan fingerprint density at radius 3 is 2.91 bits per heavy atom. The van der Waals surface area contributed by atoms with Crippen molar-refractivity contribution >= 4 is 11.9 Å². The quantitative estimate of drug-likeness (QED) is 0.264. The van der Waals surface area contributed by atoms with Gasteiger partial charge < -0.3 is 10.5 Å². The number of hydrogen-bond donors (Lipinski definition) is 2. The number of aliphatic imine (C=N–C) groups is 1. The van der Waals surface area contributed by atoms with Gasteiger partial charge >= 0.3 is 0 Å². The highest BCUT2D eigenvalue weighted by molar-refractivity contribution is 6.29. The minimum absolute atomic E-state index is 0.753. The van der Waals surface area contributed by atoms with Crippen molar-refractivity contribution in [3.63, 3.8) is 0 Å². The van der Waals surface area contributed by atoms with Crippen molar-refractivity contribution in [2.24, 2.45) is 10.1 Å². The van der Waals surface area contributed by atoms with E-state index in [1.807, 2.05) is 7.05 Å². The smallest absolute Gasteiger partial charge is 0.0868 e. The van der Waals surface area contributed by atoms with Gasteiger partial charge in [-0.15, -0.1) is 0 Å². The van der Waals surface area contributed by atoms with Gasteiger partial charge in [-0.1, -0.05) is 5.16 Å². The Morgan fingerprint density at radius 1 is 1.64 bits per heavy atom. The summed E-state index contributed by atoms with van der Waals surface area (Å²) >= 11 is 0. The van der Waals surface area contributed by atoms with E-state index in [9.17, 15) is 0 Å². The third-order valence-electron chi connectivity index (χ3n) is 1.19. The number of nitrogens with zero attached hydrogens (tertiary/aromatic N) is 2. The van der Waals surface area contributed by atoms with Crippen molar-refractivity contribution in [3.8, 4) is 0 Å². The van der Waals surface area contributed by atoms with Gasteiger partial charge in [0.25, 0.3) is 0 Å². The summed E-state index contributed by atoms with van der Waals surface area (Å²) in [4.78, 5) is 4.12. The van der Waals surface area contributed by atoms with E-state index in [0.717, 1.165) is 25.2 Å². The van der Waals surface area contributed by atoms with E-state index in [-0.39, 0.29) is 0 Å². The fourth-order valence-electron chi connectivity index (χ4n) is 0.636. The van der Waals surface area contributed by atoms with Gasteiger partial charge in [0.1, 0.15) is 0 Å². The largest absolute Gasteiger partial charge is 0.411 e. The van der Waals surface area contributed by atoms with Gasteiger partial charge in [-0.3, -0.25) is 4.99 Å². The van der Waals surface area contributed by atoms with Crippen molar-refractivity contribution in [1.82, 2.24) is 5.32 Å². The average Bonchev–Trinajstić information content (AvgIpc) is 1.99. The van der Waals surface area contributed by atoms with Crippen LogP contribution in [-0.2, 0) is 0 Å². The maximum Gasteiger partial charge on any atom is 0.0868 e. The molecule has 0 unspecified atom stereocenters. The maximum atomic E-state index is 8.12. The lowest BCUT2D eigenvalue weighted by atomic mass is 10.4. The molecule has 0 atom stereocenters. The van der Waals surface area contributed by atoms with Crippen molar-refractivity contribution in [1.29, 1.82) is 0 Å². The molecule has 0 bridgehead atoms. The molecule has 4 heteroatoms. The van der Waals surface area contributed by atoms with Gasteiger partial charge in [-0.25, -0.2) is 0 Å². The van der Waals surface area contributed by atoms with Crippen LogP contribution in [-0.4, -0.2) is 37.3 Å². The van der Waals surface area contributed by atoms with Crippen LogP contribution in [0.1, 0.15) is 13.3 Å². The van der Waals surface area contributed by atoms with E-state index in [2.05, 4.69) is 15.5 Å². The molecule has 0 spiro atoms. The van der Waals surface area contributed by atoms with E-state index < -0.39 is 0 Å². The standard InChI is InChI=1S/C7H15N3O/c1-7(6-10-11)9-5-3-4-8-2/h6,8,11H,3-5H2,1-2H3/b9-7?,10-6-. The molecule has 0 aromatic heterocycles. The molecule has 0 saturated carbocycles. The zero-order chi connectivity index (χ0) is 8.53. The Kier molecular flexibility index (Phi) is 6.62. The van der Waals surface area contributed by atoms with E-state index >= 15 is 0 Å². The molecule has 0 fully saturated rings. The second-order valence-electron chi connectivity index (χ2n) is 2.22. The minimum Gasteiger partial charge on any atom is -0.411 e. The molecule has 64 valence electrons. The Hall–Kier alpha value is -0.900. The second kappa shape index (κ2) is 7.21. The molecule has 0 aliphatic heterocycles. The van der Waals surface area contributed by atoms with Crippen LogP contribution >= 0.6 is 0 Å². The van der Waals surface area contributed by atoms with E-state index in [0.29, 0.717) is 0 Å². The molecule has 0 aromatic carbocycles. The van der Waals surface area contributed by atoms with E-state index in [1.54, 1.807) is 6.92 Å². The molecule has 0 radical (unpaired) electrons. The number of oxime groups is 1. The predicted octanol–water partition coefficient (Wildman–Crippen LogP) is 0.517. The molecular weight excluding hydrogens is 142 g/mol. The number of rotatable bonds is 5. The van der Waals surface area contributed by atoms with Crippen LogP contribution in [0.3, 0.4) is 0 Å². The third-order valence-corrected chi connectivity index (χ3v) is 1.19. The summed E-state index contributed by atoms with van der Waals surface area (Å²) in [6.07, 6.45) is 2.34. The molecule has 0 aliphatic rings. The number of nitrogens with one attached hydrogen (secondary N) is 1. The topological polar surface area (TPSA) is 57.0 Å². The summed E-state index contributed by atoms with van der Waals surface area (Å²) in [5, 5.41) is 14.0. The van der Waals surface area contributed by atoms with E-state index in [1.165, 1.54) is 6.21 Å². The number of hydrogen-bond acceptors (Lipinski definition) is 4. The molecule has 4 nitrogen and oxygen atoms in total. The van der Waals surface area contributed by atoms with Crippen LogP contribution in [0.2, 0.25) is 0 Å². The van der Waals surface area contributed by atoms with Gasteiger partial charge in [0.05, 0.1) is 11.9 Å². The minimum atomic E-state index is 0.753. The summed E-state index contributed by atoms with van der Waals surface area (Å²) < 4.78 is 0. The van der Waals surface area contributed by atoms with Crippen LogP contribution in [0.25, 0.3) is 0 Å². The van der Waals surface area contributed by atoms with Crippen LogP contribution in [0.5, 0.6) is 0 Å². The van der Waals surface area contributed by atoms with Gasteiger partial charge in [-0.2, -0.15) is 0 Å². The lowest BCUT2D eigenvalue weighted by molar-refractivity contribution is 0.322. The zero-order valence-corrected chi connectivity index (χ0v) is 7.04. The first-order valence-corrected chi connectivity index (χ1v) is 3.64. The molecule has 0 heterocycles. The summed E-state index contributed by atoms with van der Waals surface area (Å²) in [6.45, 7) is 3.55. The summed E-state index contributed by atoms with van der Waals surface area (Å²) in [7, 11) is 1.91. The molecule has 11 heavy (non-hydrogen) atoms. The van der Waals surface area contributed by atoms with Gasteiger partial charge in [-0.05, 0) is 26.9 Å². The van der Waals surface area contributed by atoms with Crippen LogP contribution in [0.15, 0.2) is 10.1 Å². The summed E-state index contributed by atoms with van der Waals surface area (Å²) in [6, 6.07) is 0. The molecule has 0 aromatic rings. The lowest BCUT2D eigenvalue weighted by Gasteiger charge is -1.94. The van der Waals surface area contributed by atoms with Crippen molar-refractivity contribution in [2.45, 2.75) is 13.3 Å². The first-order valence-electron chi connectivity index (χ1n) is 3.64. The first kappa shape index (κ1) is 10.1. The van der Waals surface area contributed by atoms with Crippen molar-refractivity contribution in [2.75, 3.05) is 20.1 Å². The highest BCUT2D eigenvalue weighted by Crippen LogP contribution is 1.80. The first-order chi connectivity index (χ1) is 5.31. The molecule has 0 saturated heterocycles. The third kappa shape index (κ3) is 6.99. The zero-order valence-electron chi connectivity index (χ0n) is 7.04. The van der Waals surface area contributed by atoms with E-state index in [4.69, 9.17) is 5.21 Å². The van der Waals surface area contributed by atoms with Crippen molar-refractivity contribution < 1.29 is 5.21 Å². The fraction of sp³-hybridized carbons (Fsp3) is 0.714. The van der Waals surface area contributed by atoms with Gasteiger partial charge in [0.15, 0.2) is 0 Å².